The maximum absolute atomic E-state index is 12.7. The van der Waals surface area contributed by atoms with E-state index in [9.17, 15) is 9.59 Å². The van der Waals surface area contributed by atoms with E-state index in [0.29, 0.717) is 16.9 Å². The van der Waals surface area contributed by atoms with Gasteiger partial charge in [-0.1, -0.05) is 12.1 Å². The maximum Gasteiger partial charge on any atom is 0.362 e. The maximum atomic E-state index is 12.7. The van der Waals surface area contributed by atoms with E-state index in [1.807, 2.05) is 18.2 Å². The van der Waals surface area contributed by atoms with Gasteiger partial charge in [-0.15, -0.1) is 0 Å². The molecular weight excluding hydrogens is 344 g/mol. The fraction of sp³-hybridized carbons (Fsp3) is 0.238. The standard InChI is InChI=1S/C21H20N2O4/c1-26-15-10-8-14(9-11-15)20(24)22-18-19(23-12-4-5-13-23)16-6-2-3-7-17(16)27-21(18)25/h2-3,6-11H,4-5,12-13H2,1H3,(H,22,24). The van der Waals surface area contributed by atoms with E-state index in [1.165, 1.54) is 0 Å². The summed E-state index contributed by atoms with van der Waals surface area (Å²) in [6.07, 6.45) is 2.11. The van der Waals surface area contributed by atoms with Crippen molar-refractivity contribution in [1.29, 1.82) is 0 Å². The number of carbonyl (C=O) groups excluding carboxylic acids is 1. The average molecular weight is 364 g/mol. The van der Waals surface area contributed by atoms with Gasteiger partial charge in [0.15, 0.2) is 5.69 Å². The summed E-state index contributed by atoms with van der Waals surface area (Å²) in [5.74, 6) is 0.301. The highest BCUT2D eigenvalue weighted by atomic mass is 16.5. The minimum atomic E-state index is -0.544. The van der Waals surface area contributed by atoms with E-state index in [0.717, 1.165) is 37.0 Å². The second-order valence-corrected chi connectivity index (χ2v) is 6.49. The summed E-state index contributed by atoms with van der Waals surface area (Å²) in [4.78, 5) is 27.5. The van der Waals surface area contributed by atoms with Gasteiger partial charge in [-0.3, -0.25) is 4.79 Å². The van der Waals surface area contributed by atoms with E-state index in [1.54, 1.807) is 37.4 Å². The summed E-state index contributed by atoms with van der Waals surface area (Å²) >= 11 is 0. The molecule has 4 rings (SSSR count). The van der Waals surface area contributed by atoms with Crippen LogP contribution >= 0.6 is 0 Å². The van der Waals surface area contributed by atoms with Crippen molar-refractivity contribution in [1.82, 2.24) is 0 Å². The molecule has 0 unspecified atom stereocenters. The first kappa shape index (κ1) is 17.1. The minimum absolute atomic E-state index is 0.191. The number of anilines is 2. The number of hydrogen-bond donors (Lipinski definition) is 1. The lowest BCUT2D eigenvalue weighted by atomic mass is 10.1. The Balaban J connectivity index is 1.77. The van der Waals surface area contributed by atoms with Gasteiger partial charge in [-0.05, 0) is 49.2 Å². The highest BCUT2D eigenvalue weighted by Crippen LogP contribution is 2.34. The van der Waals surface area contributed by atoms with Crippen molar-refractivity contribution in [3.8, 4) is 5.75 Å². The Labute approximate surface area is 156 Å². The number of hydrogen-bond acceptors (Lipinski definition) is 5. The number of nitrogens with zero attached hydrogens (tertiary/aromatic N) is 1. The number of benzene rings is 2. The molecule has 1 saturated heterocycles. The highest BCUT2D eigenvalue weighted by Gasteiger charge is 2.24. The Morgan fingerprint density at radius 3 is 2.48 bits per heavy atom. The number of para-hydroxylation sites is 1. The van der Waals surface area contributed by atoms with Gasteiger partial charge in [0.05, 0.1) is 12.8 Å². The van der Waals surface area contributed by atoms with Crippen molar-refractivity contribution in [2.45, 2.75) is 12.8 Å². The molecule has 138 valence electrons. The summed E-state index contributed by atoms with van der Waals surface area (Å²) in [5.41, 5.74) is 1.35. The quantitative estimate of drug-likeness (QED) is 0.716. The topological polar surface area (TPSA) is 71.8 Å². The van der Waals surface area contributed by atoms with Crippen molar-refractivity contribution in [2.75, 3.05) is 30.4 Å². The first-order valence-corrected chi connectivity index (χ1v) is 8.93. The molecule has 3 aromatic rings. The zero-order valence-electron chi connectivity index (χ0n) is 15.0. The second kappa shape index (κ2) is 7.15. The van der Waals surface area contributed by atoms with E-state index in [2.05, 4.69) is 10.2 Å². The summed E-state index contributed by atoms with van der Waals surface area (Å²) in [6.45, 7) is 1.69. The van der Waals surface area contributed by atoms with Crippen LogP contribution < -0.4 is 20.6 Å². The van der Waals surface area contributed by atoms with Crippen molar-refractivity contribution in [2.24, 2.45) is 0 Å². The molecule has 1 aromatic heterocycles. The predicted octanol–water partition coefficient (Wildman–Crippen LogP) is 3.65. The monoisotopic (exact) mass is 364 g/mol. The third-order valence-electron chi connectivity index (χ3n) is 4.80. The van der Waals surface area contributed by atoms with Gasteiger partial charge in [0, 0.05) is 24.0 Å². The van der Waals surface area contributed by atoms with E-state index in [-0.39, 0.29) is 11.6 Å². The van der Waals surface area contributed by atoms with Gasteiger partial charge in [-0.25, -0.2) is 4.79 Å². The molecule has 6 heteroatoms. The van der Waals surface area contributed by atoms with Crippen molar-refractivity contribution in [3.63, 3.8) is 0 Å². The Hall–Kier alpha value is -3.28. The van der Waals surface area contributed by atoms with Crippen molar-refractivity contribution >= 4 is 28.3 Å². The molecule has 1 amide bonds. The Kier molecular flexibility index (Phi) is 4.54. The lowest BCUT2D eigenvalue weighted by molar-refractivity contribution is 0.102. The van der Waals surface area contributed by atoms with Crippen LogP contribution in [0.5, 0.6) is 5.75 Å². The van der Waals surface area contributed by atoms with Crippen LogP contribution in [0, 0.1) is 0 Å². The van der Waals surface area contributed by atoms with E-state index < -0.39 is 5.63 Å². The van der Waals surface area contributed by atoms with Gasteiger partial charge in [0.25, 0.3) is 5.91 Å². The summed E-state index contributed by atoms with van der Waals surface area (Å²) < 4.78 is 10.6. The molecule has 0 saturated carbocycles. The molecule has 6 nitrogen and oxygen atoms in total. The molecule has 1 aliphatic rings. The third kappa shape index (κ3) is 3.26. The second-order valence-electron chi connectivity index (χ2n) is 6.49. The SMILES string of the molecule is COc1ccc(C(=O)Nc2c(N3CCCC3)c3ccccc3oc2=O)cc1. The fourth-order valence-corrected chi connectivity index (χ4v) is 3.44. The summed E-state index contributed by atoms with van der Waals surface area (Å²) in [7, 11) is 1.57. The Morgan fingerprint density at radius 2 is 1.78 bits per heavy atom. The van der Waals surface area contributed by atoms with Gasteiger partial charge in [0.2, 0.25) is 0 Å². The van der Waals surface area contributed by atoms with Gasteiger partial charge in [0.1, 0.15) is 11.3 Å². The first-order chi connectivity index (χ1) is 13.2. The van der Waals surface area contributed by atoms with Crippen LogP contribution in [0.2, 0.25) is 0 Å². The summed E-state index contributed by atoms with van der Waals surface area (Å²) in [5, 5.41) is 3.60. The van der Waals surface area contributed by atoms with E-state index >= 15 is 0 Å². The molecule has 2 aromatic carbocycles. The molecule has 0 spiro atoms. The first-order valence-electron chi connectivity index (χ1n) is 8.93. The van der Waals surface area contributed by atoms with E-state index in [4.69, 9.17) is 9.15 Å². The number of rotatable bonds is 4. The van der Waals surface area contributed by atoms with Gasteiger partial charge in [-0.2, -0.15) is 0 Å². The fourth-order valence-electron chi connectivity index (χ4n) is 3.44. The molecule has 0 radical (unpaired) electrons. The number of carbonyl (C=O) groups is 1. The molecule has 1 N–H and O–H groups in total. The van der Waals surface area contributed by atoms with Crippen LogP contribution in [0.25, 0.3) is 11.0 Å². The number of nitrogens with one attached hydrogen (secondary N) is 1. The van der Waals surface area contributed by atoms with Gasteiger partial charge < -0.3 is 19.4 Å². The largest absolute Gasteiger partial charge is 0.497 e. The normalized spacial score (nSPS) is 13.7. The lowest BCUT2D eigenvalue weighted by Crippen LogP contribution is -2.25. The molecule has 1 fully saturated rings. The number of fused-ring (bicyclic) bond motifs is 1. The minimum Gasteiger partial charge on any atom is -0.497 e. The Bertz CT molecular complexity index is 1030. The van der Waals surface area contributed by atoms with Gasteiger partial charge >= 0.3 is 5.63 Å². The molecule has 2 heterocycles. The average Bonchev–Trinajstić information content (AvgIpc) is 3.23. The van der Waals surface area contributed by atoms with Crippen LogP contribution in [0.4, 0.5) is 11.4 Å². The smallest absolute Gasteiger partial charge is 0.362 e. The van der Waals surface area contributed by atoms with Crippen LogP contribution in [-0.2, 0) is 0 Å². The summed E-state index contributed by atoms with van der Waals surface area (Å²) in [6, 6.07) is 14.1. The molecule has 27 heavy (non-hydrogen) atoms. The Morgan fingerprint density at radius 1 is 1.07 bits per heavy atom. The van der Waals surface area contributed by atoms with Crippen LogP contribution in [-0.4, -0.2) is 26.1 Å². The number of ether oxygens (including phenoxy) is 1. The molecule has 1 aliphatic heterocycles. The highest BCUT2D eigenvalue weighted by molar-refractivity contribution is 6.08. The van der Waals surface area contributed by atoms with Crippen LogP contribution in [0.3, 0.4) is 0 Å². The molecule has 0 atom stereocenters. The van der Waals surface area contributed by atoms with Crippen molar-refractivity contribution in [3.05, 3.63) is 64.5 Å². The zero-order valence-corrected chi connectivity index (χ0v) is 15.0. The lowest BCUT2D eigenvalue weighted by Gasteiger charge is -2.22. The van der Waals surface area contributed by atoms with Crippen molar-refractivity contribution < 1.29 is 13.9 Å². The van der Waals surface area contributed by atoms with Crippen LogP contribution in [0.15, 0.2) is 57.7 Å². The number of amides is 1. The molecular formula is C21H20N2O4. The molecule has 0 aliphatic carbocycles. The number of methoxy groups -OCH3 is 1. The van der Waals surface area contributed by atoms with Crippen LogP contribution in [0.1, 0.15) is 23.2 Å². The molecule has 0 bridgehead atoms. The predicted molar refractivity (Wildman–Crippen MR) is 105 cm³/mol. The zero-order chi connectivity index (χ0) is 18.8. The third-order valence-corrected chi connectivity index (χ3v) is 4.80.